The van der Waals surface area contributed by atoms with Crippen molar-refractivity contribution in [2.24, 2.45) is 0 Å². The van der Waals surface area contributed by atoms with Crippen molar-refractivity contribution in [3.63, 3.8) is 0 Å². The van der Waals surface area contributed by atoms with E-state index in [0.29, 0.717) is 0 Å². The van der Waals surface area contributed by atoms with Crippen LogP contribution in [0.25, 0.3) is 0 Å². The molecule has 0 atom stereocenters. The molecule has 1 aromatic heterocycles. The Morgan fingerprint density at radius 3 is 1.42 bits per heavy atom. The summed E-state index contributed by atoms with van der Waals surface area (Å²) in [4.78, 5) is 12.1. The van der Waals surface area contributed by atoms with Gasteiger partial charge in [0.25, 0.3) is 0 Å². The molecule has 0 aliphatic rings. The zero-order chi connectivity index (χ0) is 7.82. The second-order valence-electron chi connectivity index (χ2n) is 1.27. The van der Waals surface area contributed by atoms with E-state index in [4.69, 9.17) is 15.0 Å². The van der Waals surface area contributed by atoms with E-state index in [0.717, 1.165) is 0 Å². The number of carbonyl (C=O) groups is 1. The van der Waals surface area contributed by atoms with Gasteiger partial charge in [0.05, 0.1) is 0 Å². The van der Waals surface area contributed by atoms with Gasteiger partial charge in [0.1, 0.15) is 0 Å². The zero-order valence-electron chi connectivity index (χ0n) is 7.06. The molecule has 54 valence electrons. The molecule has 6 heteroatoms. The molecule has 12 heavy (non-hydrogen) atoms. The van der Waals surface area contributed by atoms with E-state index in [9.17, 15) is 0 Å². The molecule has 0 saturated carbocycles. The molecular formula is C6H5Cs2NO3. The molecule has 1 rings (SSSR count). The molecular weight excluding hydrogens is 400 g/mol. The van der Waals surface area contributed by atoms with Crippen LogP contribution in [0.4, 0.5) is 4.79 Å². The summed E-state index contributed by atoms with van der Waals surface area (Å²) in [6.45, 7) is 0. The SMILES string of the molecule is O=C([O-])[O-].[Cs+].[Cs+].c1ccncc1. The van der Waals surface area contributed by atoms with Crippen LogP contribution in [0.2, 0.25) is 0 Å². The van der Waals surface area contributed by atoms with Gasteiger partial charge in [-0.2, -0.15) is 0 Å². The minimum absolute atomic E-state index is 0. The average molecular weight is 405 g/mol. The van der Waals surface area contributed by atoms with E-state index in [1.165, 1.54) is 0 Å². The fourth-order valence-electron chi connectivity index (χ4n) is 0.313. The summed E-state index contributed by atoms with van der Waals surface area (Å²) in [5.74, 6) is 0. The molecule has 0 radical (unpaired) electrons. The Labute approximate surface area is 188 Å². The molecule has 0 unspecified atom stereocenters. The molecule has 0 aliphatic heterocycles. The van der Waals surface area contributed by atoms with Crippen molar-refractivity contribution in [2.45, 2.75) is 0 Å². The summed E-state index contributed by atoms with van der Waals surface area (Å²) in [5, 5.41) is 16.7. The molecule has 1 aromatic rings. The van der Waals surface area contributed by atoms with E-state index in [1.54, 1.807) is 12.4 Å². The molecule has 1 heterocycles. The molecule has 0 fully saturated rings. The van der Waals surface area contributed by atoms with Crippen LogP contribution in [0.3, 0.4) is 0 Å². The maximum atomic E-state index is 8.33. The molecule has 0 bridgehead atoms. The number of hydrogen-bond acceptors (Lipinski definition) is 4. The summed E-state index contributed by atoms with van der Waals surface area (Å²) >= 11 is 0. The maximum Gasteiger partial charge on any atom is 1.00 e. The Morgan fingerprint density at radius 1 is 1.00 bits per heavy atom. The smallest absolute Gasteiger partial charge is 0.652 e. The second kappa shape index (κ2) is 16.0. The van der Waals surface area contributed by atoms with E-state index in [1.807, 2.05) is 18.2 Å². The quantitative estimate of drug-likeness (QED) is 0.430. The molecule has 0 aromatic carbocycles. The first kappa shape index (κ1) is 20.0. The van der Waals surface area contributed by atoms with Crippen molar-refractivity contribution < 1.29 is 153 Å². The Balaban J connectivity index is -0.000000124. The van der Waals surface area contributed by atoms with Gasteiger partial charge in [-0.3, -0.25) is 4.98 Å². The number of hydrogen-bond donors (Lipinski definition) is 0. The van der Waals surface area contributed by atoms with Gasteiger partial charge in [0, 0.05) is 12.4 Å². The molecule has 0 saturated heterocycles. The van der Waals surface area contributed by atoms with Crippen molar-refractivity contribution >= 4 is 6.16 Å². The monoisotopic (exact) mass is 405 g/mol. The third-order valence-corrected chi connectivity index (χ3v) is 0.566. The van der Waals surface area contributed by atoms with Crippen molar-refractivity contribution in [3.05, 3.63) is 30.6 Å². The summed E-state index contributed by atoms with van der Waals surface area (Å²) < 4.78 is 0. The van der Waals surface area contributed by atoms with Crippen LogP contribution < -0.4 is 148 Å². The summed E-state index contributed by atoms with van der Waals surface area (Å²) in [6, 6.07) is 5.72. The second-order valence-corrected chi connectivity index (χ2v) is 1.27. The van der Waals surface area contributed by atoms with Crippen LogP contribution in [0.5, 0.6) is 0 Å². The normalized spacial score (nSPS) is 6.00. The Morgan fingerprint density at radius 2 is 1.33 bits per heavy atom. The third kappa shape index (κ3) is 22.9. The van der Waals surface area contributed by atoms with Crippen LogP contribution in [0.15, 0.2) is 30.6 Å². The van der Waals surface area contributed by atoms with Crippen LogP contribution in [0.1, 0.15) is 0 Å². The zero-order valence-corrected chi connectivity index (χ0v) is 19.6. The van der Waals surface area contributed by atoms with Gasteiger partial charge >= 0.3 is 138 Å². The van der Waals surface area contributed by atoms with E-state index in [2.05, 4.69) is 4.98 Å². The average Bonchev–Trinajstić information content (AvgIpc) is 1.90. The van der Waals surface area contributed by atoms with Gasteiger partial charge < -0.3 is 15.0 Å². The number of carbonyl (C=O) groups excluding carboxylic acids is 1. The number of carboxylic acid groups (broad SMARTS) is 2. The van der Waals surface area contributed by atoms with Crippen molar-refractivity contribution in [1.29, 1.82) is 0 Å². The van der Waals surface area contributed by atoms with E-state index >= 15 is 0 Å². The molecule has 0 N–H and O–H groups in total. The number of pyridine rings is 1. The summed E-state index contributed by atoms with van der Waals surface area (Å²) in [7, 11) is 0. The largest absolute Gasteiger partial charge is 1.00 e. The third-order valence-electron chi connectivity index (χ3n) is 0.566. The Kier molecular flexibility index (Phi) is 26.6. The topological polar surface area (TPSA) is 76.1 Å². The van der Waals surface area contributed by atoms with Gasteiger partial charge in [-0.1, -0.05) is 6.07 Å². The van der Waals surface area contributed by atoms with Gasteiger partial charge in [-0.05, 0) is 18.3 Å². The van der Waals surface area contributed by atoms with Gasteiger partial charge in [-0.15, -0.1) is 0 Å². The molecule has 4 nitrogen and oxygen atoms in total. The molecule has 0 aliphatic carbocycles. The van der Waals surface area contributed by atoms with Crippen molar-refractivity contribution in [2.75, 3.05) is 0 Å². The number of aromatic nitrogens is 1. The van der Waals surface area contributed by atoms with Gasteiger partial charge in [0.2, 0.25) is 0 Å². The maximum absolute atomic E-state index is 8.33. The molecule has 0 amide bonds. The first-order valence-electron chi connectivity index (χ1n) is 2.46. The first-order chi connectivity index (χ1) is 4.73. The van der Waals surface area contributed by atoms with Crippen LogP contribution in [-0.4, -0.2) is 11.1 Å². The van der Waals surface area contributed by atoms with Crippen LogP contribution >= 0.6 is 0 Å². The minimum Gasteiger partial charge on any atom is -0.652 e. The molecule has 0 spiro atoms. The Hall–Kier alpha value is 2.52. The standard InChI is InChI=1S/C5H5N.CH2O3.2Cs/c1-2-4-6-5-3-1;2-1(3)4;;/h1-5H;(H2,2,3,4);;/q;;2*+1/p-2. The van der Waals surface area contributed by atoms with Crippen LogP contribution in [0, 0.1) is 0 Å². The number of nitrogens with zero attached hydrogens (tertiary/aromatic N) is 1. The van der Waals surface area contributed by atoms with Gasteiger partial charge in [-0.25, -0.2) is 0 Å². The van der Waals surface area contributed by atoms with Crippen molar-refractivity contribution in [3.8, 4) is 0 Å². The van der Waals surface area contributed by atoms with Crippen molar-refractivity contribution in [1.82, 2.24) is 4.98 Å². The van der Waals surface area contributed by atoms with Crippen LogP contribution in [-0.2, 0) is 0 Å². The number of rotatable bonds is 0. The fourth-order valence-corrected chi connectivity index (χ4v) is 0.313. The fraction of sp³-hybridized carbons (Fsp3) is 0. The predicted octanol–water partition coefficient (Wildman–Crippen LogP) is -7.36. The summed E-state index contributed by atoms with van der Waals surface area (Å²) in [5.41, 5.74) is 0. The first-order valence-corrected chi connectivity index (χ1v) is 2.46. The van der Waals surface area contributed by atoms with Gasteiger partial charge in [0.15, 0.2) is 0 Å². The minimum atomic E-state index is -2.33. The Bertz CT molecular complexity index is 153. The van der Waals surface area contributed by atoms with E-state index < -0.39 is 6.16 Å². The van der Waals surface area contributed by atoms with E-state index in [-0.39, 0.29) is 138 Å². The predicted molar refractivity (Wildman–Crippen MR) is 29.6 cm³/mol. The summed E-state index contributed by atoms with van der Waals surface area (Å²) in [6.07, 6.45) is 1.17.